The molecule has 0 aromatic carbocycles. The molecule has 0 radical (unpaired) electrons. The fourth-order valence-corrected chi connectivity index (χ4v) is 4.08. The summed E-state index contributed by atoms with van der Waals surface area (Å²) in [5.74, 6) is 0.624. The van der Waals surface area contributed by atoms with E-state index >= 15 is 0 Å². The third-order valence-electron chi connectivity index (χ3n) is 3.11. The van der Waals surface area contributed by atoms with Crippen molar-refractivity contribution in [3.63, 3.8) is 0 Å². The summed E-state index contributed by atoms with van der Waals surface area (Å²) in [7, 11) is -3.19. The van der Waals surface area contributed by atoms with Gasteiger partial charge in [-0.3, -0.25) is 0 Å². The van der Waals surface area contributed by atoms with Crippen molar-refractivity contribution in [3.8, 4) is 0 Å². The summed E-state index contributed by atoms with van der Waals surface area (Å²) in [6.45, 7) is 6.39. The Hall–Kier alpha value is 0.200. The van der Waals surface area contributed by atoms with Crippen molar-refractivity contribution in [2.75, 3.05) is 12.4 Å². The van der Waals surface area contributed by atoms with Crippen LogP contribution in [0, 0.1) is 5.92 Å². The zero-order chi connectivity index (χ0) is 11.6. The predicted octanol–water partition coefficient (Wildman–Crippen LogP) is 2.06. The second kappa shape index (κ2) is 5.02. The molecule has 0 aromatic heterocycles. The van der Waals surface area contributed by atoms with Crippen molar-refractivity contribution in [1.29, 1.82) is 0 Å². The van der Waals surface area contributed by atoms with Gasteiger partial charge in [0.05, 0.1) is 5.25 Å². The van der Waals surface area contributed by atoms with Crippen molar-refractivity contribution in [1.82, 2.24) is 4.31 Å². The number of alkyl halides is 1. The number of sulfonamides is 1. The Morgan fingerprint density at radius 2 is 2.00 bits per heavy atom. The molecule has 1 saturated heterocycles. The first-order chi connectivity index (χ1) is 6.89. The Labute approximate surface area is 97.8 Å². The molecule has 0 aliphatic carbocycles. The van der Waals surface area contributed by atoms with Crippen LogP contribution in [0.25, 0.3) is 0 Å². The molecular weight excluding hydrogens is 234 g/mol. The Morgan fingerprint density at radius 1 is 1.40 bits per heavy atom. The van der Waals surface area contributed by atoms with E-state index in [1.54, 1.807) is 11.2 Å². The van der Waals surface area contributed by atoms with Crippen LogP contribution >= 0.6 is 11.6 Å². The zero-order valence-corrected chi connectivity index (χ0v) is 11.2. The SMILES string of the molecule is CC1CCC(C)N(S(=O)(=O)C(C)CCl)C1. The van der Waals surface area contributed by atoms with Crippen LogP contribution in [0.5, 0.6) is 0 Å². The van der Waals surface area contributed by atoms with Crippen molar-refractivity contribution in [2.45, 2.75) is 44.9 Å². The molecule has 1 heterocycles. The fraction of sp³-hybridized carbons (Fsp3) is 1.00. The van der Waals surface area contributed by atoms with Crippen LogP contribution in [0.1, 0.15) is 33.6 Å². The molecule has 0 saturated carbocycles. The Morgan fingerprint density at radius 3 is 2.53 bits per heavy atom. The number of hydrogen-bond donors (Lipinski definition) is 0. The predicted molar refractivity (Wildman–Crippen MR) is 63.7 cm³/mol. The molecule has 5 heteroatoms. The summed E-state index contributed by atoms with van der Waals surface area (Å²) in [6, 6.07) is 0.122. The van der Waals surface area contributed by atoms with Crippen LogP contribution in [-0.2, 0) is 10.0 Å². The average molecular weight is 254 g/mol. The molecule has 0 aromatic rings. The number of hydrogen-bond acceptors (Lipinski definition) is 2. The van der Waals surface area contributed by atoms with Crippen molar-refractivity contribution in [3.05, 3.63) is 0 Å². The molecule has 0 N–H and O–H groups in total. The van der Waals surface area contributed by atoms with Crippen molar-refractivity contribution < 1.29 is 8.42 Å². The fourth-order valence-electron chi connectivity index (χ4n) is 1.91. The Bertz CT molecular complexity index is 305. The van der Waals surface area contributed by atoms with E-state index in [9.17, 15) is 8.42 Å². The average Bonchev–Trinajstić information content (AvgIpc) is 2.20. The van der Waals surface area contributed by atoms with Gasteiger partial charge < -0.3 is 0 Å². The molecular formula is C10H20ClNO2S. The van der Waals surface area contributed by atoms with E-state index in [0.717, 1.165) is 12.8 Å². The van der Waals surface area contributed by atoms with E-state index in [-0.39, 0.29) is 11.9 Å². The van der Waals surface area contributed by atoms with Gasteiger partial charge in [0.1, 0.15) is 0 Å². The quantitative estimate of drug-likeness (QED) is 0.722. The lowest BCUT2D eigenvalue weighted by molar-refractivity contribution is 0.216. The lowest BCUT2D eigenvalue weighted by Gasteiger charge is -2.37. The summed E-state index contributed by atoms with van der Waals surface area (Å²) < 4.78 is 25.9. The molecule has 3 nitrogen and oxygen atoms in total. The monoisotopic (exact) mass is 253 g/mol. The molecule has 0 amide bonds. The maximum absolute atomic E-state index is 12.1. The summed E-state index contributed by atoms with van der Waals surface area (Å²) >= 11 is 5.63. The van der Waals surface area contributed by atoms with Crippen LogP contribution in [-0.4, -0.2) is 36.4 Å². The van der Waals surface area contributed by atoms with Gasteiger partial charge in [0.25, 0.3) is 0 Å². The van der Waals surface area contributed by atoms with Crippen molar-refractivity contribution in [2.24, 2.45) is 5.92 Å². The third-order valence-corrected chi connectivity index (χ3v) is 6.11. The van der Waals surface area contributed by atoms with Crippen molar-refractivity contribution >= 4 is 21.6 Å². The molecule has 1 aliphatic rings. The van der Waals surface area contributed by atoms with Gasteiger partial charge in [-0.05, 0) is 32.6 Å². The molecule has 0 spiro atoms. The number of nitrogens with zero attached hydrogens (tertiary/aromatic N) is 1. The molecule has 3 unspecified atom stereocenters. The van der Waals surface area contributed by atoms with Gasteiger partial charge in [-0.1, -0.05) is 6.92 Å². The standard InChI is InChI=1S/C10H20ClNO2S/c1-8-4-5-9(2)12(7-8)15(13,14)10(3)6-11/h8-10H,4-7H2,1-3H3. The van der Waals surface area contributed by atoms with E-state index in [4.69, 9.17) is 11.6 Å². The van der Waals surface area contributed by atoms with Gasteiger partial charge in [0, 0.05) is 18.5 Å². The van der Waals surface area contributed by atoms with Gasteiger partial charge in [-0.2, -0.15) is 4.31 Å². The minimum absolute atomic E-state index is 0.122. The molecule has 0 bridgehead atoms. The first-order valence-corrected chi connectivity index (χ1v) is 7.50. The smallest absolute Gasteiger partial charge is 0.212 e. The lowest BCUT2D eigenvalue weighted by atomic mass is 9.97. The van der Waals surface area contributed by atoms with E-state index in [1.807, 2.05) is 6.92 Å². The topological polar surface area (TPSA) is 37.4 Å². The molecule has 1 aliphatic heterocycles. The molecule has 1 fully saturated rings. The Kier molecular flexibility index (Phi) is 4.44. The first-order valence-electron chi connectivity index (χ1n) is 5.46. The maximum Gasteiger partial charge on any atom is 0.218 e. The summed E-state index contributed by atoms with van der Waals surface area (Å²) in [5.41, 5.74) is 0. The van der Waals surface area contributed by atoms with E-state index in [0.29, 0.717) is 12.5 Å². The largest absolute Gasteiger partial charge is 0.218 e. The molecule has 90 valence electrons. The van der Waals surface area contributed by atoms with E-state index < -0.39 is 15.3 Å². The minimum atomic E-state index is -3.19. The summed E-state index contributed by atoms with van der Waals surface area (Å²) in [6.07, 6.45) is 2.07. The number of rotatable bonds is 3. The highest BCUT2D eigenvalue weighted by atomic mass is 35.5. The highest BCUT2D eigenvalue weighted by Gasteiger charge is 2.35. The van der Waals surface area contributed by atoms with Gasteiger partial charge in [0.2, 0.25) is 10.0 Å². The van der Waals surface area contributed by atoms with Crippen LogP contribution in [0.3, 0.4) is 0 Å². The van der Waals surface area contributed by atoms with Gasteiger partial charge in [0.15, 0.2) is 0 Å². The third kappa shape index (κ3) is 2.86. The Balaban J connectivity index is 2.85. The number of piperidine rings is 1. The second-order valence-electron chi connectivity index (χ2n) is 4.61. The number of halogens is 1. The first kappa shape index (κ1) is 13.3. The maximum atomic E-state index is 12.1. The van der Waals surface area contributed by atoms with Gasteiger partial charge in [-0.15, -0.1) is 11.6 Å². The minimum Gasteiger partial charge on any atom is -0.212 e. The van der Waals surface area contributed by atoms with Crippen LogP contribution in [0.2, 0.25) is 0 Å². The molecule has 1 rings (SSSR count). The molecule has 15 heavy (non-hydrogen) atoms. The summed E-state index contributed by atoms with van der Waals surface area (Å²) in [4.78, 5) is 0. The van der Waals surface area contributed by atoms with Crippen LogP contribution in [0.4, 0.5) is 0 Å². The van der Waals surface area contributed by atoms with Gasteiger partial charge in [-0.25, -0.2) is 8.42 Å². The van der Waals surface area contributed by atoms with E-state index in [1.165, 1.54) is 0 Å². The molecule has 3 atom stereocenters. The zero-order valence-electron chi connectivity index (χ0n) is 9.61. The van der Waals surface area contributed by atoms with E-state index in [2.05, 4.69) is 6.92 Å². The highest BCUT2D eigenvalue weighted by molar-refractivity contribution is 7.89. The van der Waals surface area contributed by atoms with Crippen LogP contribution < -0.4 is 0 Å². The highest BCUT2D eigenvalue weighted by Crippen LogP contribution is 2.26. The second-order valence-corrected chi connectivity index (χ2v) is 7.22. The lowest BCUT2D eigenvalue weighted by Crippen LogP contribution is -2.48. The van der Waals surface area contributed by atoms with Gasteiger partial charge >= 0.3 is 0 Å². The summed E-state index contributed by atoms with van der Waals surface area (Å²) in [5, 5.41) is -0.480. The normalized spacial score (nSPS) is 31.5. The van der Waals surface area contributed by atoms with Crippen LogP contribution in [0.15, 0.2) is 0 Å².